The largest absolute Gasteiger partial charge is 0.394 e. The quantitative estimate of drug-likeness (QED) is 0.678. The number of carbonyl (C=O) groups is 2. The Kier molecular flexibility index (Phi) is 6.70. The molecule has 0 spiro atoms. The third kappa shape index (κ3) is 5.17. The lowest BCUT2D eigenvalue weighted by atomic mass is 9.84. The molecule has 0 aromatic rings. The molecule has 3 N–H and O–H groups in total. The maximum Gasteiger partial charge on any atom is 0.223 e. The summed E-state index contributed by atoms with van der Waals surface area (Å²) in [5.74, 6) is 0.274. The average Bonchev–Trinajstić information content (AvgIpc) is 2.55. The van der Waals surface area contributed by atoms with Crippen LogP contribution < -0.4 is 10.6 Å². The van der Waals surface area contributed by atoms with Gasteiger partial charge in [-0.25, -0.2) is 0 Å². The van der Waals surface area contributed by atoms with Gasteiger partial charge in [0.05, 0.1) is 25.2 Å². The van der Waals surface area contributed by atoms with E-state index >= 15 is 0 Å². The molecule has 6 heteroatoms. The Labute approximate surface area is 150 Å². The van der Waals surface area contributed by atoms with Gasteiger partial charge in [-0.15, -0.1) is 0 Å². The number of hydrogen-bond acceptors (Lipinski definition) is 4. The number of aliphatic hydroxyl groups is 1. The van der Waals surface area contributed by atoms with Gasteiger partial charge in [-0.3, -0.25) is 9.59 Å². The summed E-state index contributed by atoms with van der Waals surface area (Å²) in [5, 5.41) is 15.8. The predicted molar refractivity (Wildman–Crippen MR) is 93.9 cm³/mol. The highest BCUT2D eigenvalue weighted by molar-refractivity contribution is 5.79. The van der Waals surface area contributed by atoms with Crippen molar-refractivity contribution in [1.82, 2.24) is 10.6 Å². The number of hydrogen-bond donors (Lipinski definition) is 3. The number of aliphatic hydroxyl groups excluding tert-OH is 1. The summed E-state index contributed by atoms with van der Waals surface area (Å²) in [6.45, 7) is -0.129. The second-order valence-electron chi connectivity index (χ2n) is 7.91. The second kappa shape index (κ2) is 8.99. The van der Waals surface area contributed by atoms with E-state index in [1.165, 1.54) is 19.3 Å². The molecule has 0 aromatic heterocycles. The molecule has 25 heavy (non-hydrogen) atoms. The molecule has 1 heterocycles. The third-order valence-electron chi connectivity index (χ3n) is 5.98. The summed E-state index contributed by atoms with van der Waals surface area (Å²) >= 11 is 0. The molecule has 2 aliphatic carbocycles. The first-order valence-corrected chi connectivity index (χ1v) is 10.0. The van der Waals surface area contributed by atoms with Crippen molar-refractivity contribution in [2.75, 3.05) is 6.61 Å². The molecule has 1 saturated heterocycles. The van der Waals surface area contributed by atoms with Gasteiger partial charge in [0.15, 0.2) is 0 Å². The van der Waals surface area contributed by atoms with Gasteiger partial charge in [-0.1, -0.05) is 25.7 Å². The zero-order valence-corrected chi connectivity index (χ0v) is 15.0. The molecule has 6 nitrogen and oxygen atoms in total. The molecule has 0 bridgehead atoms. The van der Waals surface area contributed by atoms with Crippen LogP contribution in [0.5, 0.6) is 0 Å². The van der Waals surface area contributed by atoms with Crippen molar-refractivity contribution < 1.29 is 19.4 Å². The fourth-order valence-electron chi connectivity index (χ4n) is 4.16. The van der Waals surface area contributed by atoms with Crippen molar-refractivity contribution >= 4 is 11.8 Å². The third-order valence-corrected chi connectivity index (χ3v) is 5.98. The molecule has 2 saturated carbocycles. The molecule has 0 aromatic carbocycles. The van der Waals surface area contributed by atoms with Crippen LogP contribution in [-0.2, 0) is 14.3 Å². The first-order valence-electron chi connectivity index (χ1n) is 10.0. The van der Waals surface area contributed by atoms with E-state index in [0.29, 0.717) is 12.5 Å². The van der Waals surface area contributed by atoms with Crippen LogP contribution in [-0.4, -0.2) is 47.8 Å². The molecule has 2 amide bonds. The number of rotatable bonds is 6. The molecule has 0 radical (unpaired) electrons. The maximum atomic E-state index is 12.2. The van der Waals surface area contributed by atoms with Crippen LogP contribution >= 0.6 is 0 Å². The first kappa shape index (κ1) is 18.6. The van der Waals surface area contributed by atoms with E-state index in [0.717, 1.165) is 44.9 Å². The van der Waals surface area contributed by atoms with Gasteiger partial charge in [0.2, 0.25) is 11.8 Å². The minimum atomic E-state index is -0.412. The van der Waals surface area contributed by atoms with Crippen LogP contribution in [0.1, 0.15) is 70.6 Å². The van der Waals surface area contributed by atoms with Crippen LogP contribution in [0.2, 0.25) is 0 Å². The summed E-state index contributed by atoms with van der Waals surface area (Å²) in [7, 11) is 0. The van der Waals surface area contributed by atoms with Gasteiger partial charge in [0.25, 0.3) is 0 Å². The second-order valence-corrected chi connectivity index (χ2v) is 7.91. The summed E-state index contributed by atoms with van der Waals surface area (Å²) in [5.41, 5.74) is 0. The van der Waals surface area contributed by atoms with Crippen LogP contribution in [0.3, 0.4) is 0 Å². The topological polar surface area (TPSA) is 87.7 Å². The summed E-state index contributed by atoms with van der Waals surface area (Å²) in [6, 6.07) is 0.170. The Hall–Kier alpha value is -1.14. The fourth-order valence-corrected chi connectivity index (χ4v) is 4.16. The van der Waals surface area contributed by atoms with Gasteiger partial charge >= 0.3 is 0 Å². The SMILES string of the molecule is O=C(C[C@H]1CC[C@@H](NC(=O)C2CCC2)[C@@H](CO)O1)NC1CCCCC1. The number of nitrogens with one attached hydrogen (secondary N) is 2. The van der Waals surface area contributed by atoms with E-state index in [-0.39, 0.29) is 36.5 Å². The first-order chi connectivity index (χ1) is 12.2. The Morgan fingerprint density at radius 3 is 2.32 bits per heavy atom. The molecule has 3 rings (SSSR count). The van der Waals surface area contributed by atoms with Crippen molar-refractivity contribution in [3.63, 3.8) is 0 Å². The Bertz CT molecular complexity index is 460. The van der Waals surface area contributed by atoms with Crippen molar-refractivity contribution in [3.05, 3.63) is 0 Å². The van der Waals surface area contributed by atoms with Crippen molar-refractivity contribution in [2.45, 2.75) is 94.9 Å². The van der Waals surface area contributed by atoms with E-state index in [1.54, 1.807) is 0 Å². The van der Waals surface area contributed by atoms with Crippen molar-refractivity contribution in [2.24, 2.45) is 5.92 Å². The highest BCUT2D eigenvalue weighted by Crippen LogP contribution is 2.28. The van der Waals surface area contributed by atoms with Crippen LogP contribution in [0.15, 0.2) is 0 Å². The standard InChI is InChI=1S/C19H32N2O4/c22-12-17-16(21-19(24)13-5-4-6-13)10-9-15(25-17)11-18(23)20-14-7-2-1-3-8-14/h13-17,22H,1-12H2,(H,20,23)(H,21,24)/t15-,16-,17-/m1/s1. The molecular weight excluding hydrogens is 320 g/mol. The van der Waals surface area contributed by atoms with Crippen LogP contribution in [0, 0.1) is 5.92 Å². The van der Waals surface area contributed by atoms with E-state index in [1.807, 2.05) is 0 Å². The molecule has 0 unspecified atom stereocenters. The predicted octanol–water partition coefficient (Wildman–Crippen LogP) is 1.65. The van der Waals surface area contributed by atoms with E-state index in [4.69, 9.17) is 4.74 Å². The summed E-state index contributed by atoms with van der Waals surface area (Å²) in [4.78, 5) is 24.4. The van der Waals surface area contributed by atoms with E-state index in [2.05, 4.69) is 10.6 Å². The zero-order chi connectivity index (χ0) is 17.6. The number of carbonyl (C=O) groups excluding carboxylic acids is 2. The van der Waals surface area contributed by atoms with Gasteiger partial charge in [0.1, 0.15) is 6.10 Å². The maximum absolute atomic E-state index is 12.2. The van der Waals surface area contributed by atoms with Gasteiger partial charge < -0.3 is 20.5 Å². The fraction of sp³-hybridized carbons (Fsp3) is 0.895. The number of amides is 2. The lowest BCUT2D eigenvalue weighted by Gasteiger charge is -2.37. The van der Waals surface area contributed by atoms with Gasteiger partial charge in [-0.05, 0) is 38.5 Å². The number of ether oxygens (including phenoxy) is 1. The lowest BCUT2D eigenvalue weighted by Crippen LogP contribution is -2.53. The lowest BCUT2D eigenvalue weighted by molar-refractivity contribution is -0.139. The highest BCUT2D eigenvalue weighted by atomic mass is 16.5. The van der Waals surface area contributed by atoms with Crippen LogP contribution in [0.4, 0.5) is 0 Å². The van der Waals surface area contributed by atoms with E-state index in [9.17, 15) is 14.7 Å². The summed E-state index contributed by atoms with van der Waals surface area (Å²) in [6.07, 6.45) is 10.1. The molecule has 3 fully saturated rings. The van der Waals surface area contributed by atoms with Crippen molar-refractivity contribution in [1.29, 1.82) is 0 Å². The zero-order valence-electron chi connectivity index (χ0n) is 15.0. The molecule has 1 aliphatic heterocycles. The minimum Gasteiger partial charge on any atom is -0.394 e. The Balaban J connectivity index is 1.42. The molecular formula is C19H32N2O4. The normalized spacial score (nSPS) is 31.2. The average molecular weight is 352 g/mol. The Morgan fingerprint density at radius 1 is 0.920 bits per heavy atom. The smallest absolute Gasteiger partial charge is 0.223 e. The molecule has 3 atom stereocenters. The van der Waals surface area contributed by atoms with E-state index < -0.39 is 6.10 Å². The minimum absolute atomic E-state index is 0.0468. The van der Waals surface area contributed by atoms with Gasteiger partial charge in [0, 0.05) is 12.0 Å². The van der Waals surface area contributed by atoms with Crippen LogP contribution in [0.25, 0.3) is 0 Å². The molecule has 142 valence electrons. The molecule has 3 aliphatic rings. The van der Waals surface area contributed by atoms with Gasteiger partial charge in [-0.2, -0.15) is 0 Å². The monoisotopic (exact) mass is 352 g/mol. The van der Waals surface area contributed by atoms with Crippen molar-refractivity contribution in [3.8, 4) is 0 Å². The highest BCUT2D eigenvalue weighted by Gasteiger charge is 2.35. The Morgan fingerprint density at radius 2 is 1.68 bits per heavy atom. The summed E-state index contributed by atoms with van der Waals surface area (Å²) < 4.78 is 5.91.